The fourth-order valence-corrected chi connectivity index (χ4v) is 4.07. The molecule has 1 heterocycles. The maximum atomic E-state index is 12.9. The van der Waals surface area contributed by atoms with E-state index < -0.39 is 10.0 Å². The van der Waals surface area contributed by atoms with Crippen molar-refractivity contribution in [1.29, 1.82) is 0 Å². The number of nitrogens with zero attached hydrogens (tertiary/aromatic N) is 2. The van der Waals surface area contributed by atoms with Gasteiger partial charge in [0.25, 0.3) is 10.0 Å². The molecule has 0 radical (unpaired) electrons. The molecule has 0 N–H and O–H groups in total. The maximum Gasteiger partial charge on any atom is 0.279 e. The second-order valence-electron chi connectivity index (χ2n) is 6.01. The molecule has 0 unspecified atom stereocenters. The zero-order valence-corrected chi connectivity index (χ0v) is 14.6. The van der Waals surface area contributed by atoms with Crippen LogP contribution in [0, 0.1) is 13.8 Å². The highest BCUT2D eigenvalue weighted by atomic mass is 32.2. The molecule has 0 fully saturated rings. The maximum absolute atomic E-state index is 12.9. The van der Waals surface area contributed by atoms with E-state index in [1.54, 1.807) is 30.3 Å². The summed E-state index contributed by atoms with van der Waals surface area (Å²) in [4.78, 5) is 0.244. The highest BCUT2D eigenvalue weighted by molar-refractivity contribution is 7.89. The van der Waals surface area contributed by atoms with E-state index in [1.165, 1.54) is 4.41 Å². The molecule has 0 bridgehead atoms. The lowest BCUT2D eigenvalue weighted by molar-refractivity contribution is 0.409. The number of sulfonamides is 1. The minimum atomic E-state index is -3.69. The van der Waals surface area contributed by atoms with Gasteiger partial charge < -0.3 is 0 Å². The average Bonchev–Trinajstić information content (AvgIpc) is 3.01. The summed E-state index contributed by atoms with van der Waals surface area (Å²) in [5, 5.41) is 4.40. The van der Waals surface area contributed by atoms with Gasteiger partial charge in [-0.2, -0.15) is 17.9 Å². The fourth-order valence-electron chi connectivity index (χ4n) is 2.66. The molecular formula is C19H20N2O2S. The van der Waals surface area contributed by atoms with Gasteiger partial charge in [-0.1, -0.05) is 53.6 Å². The molecule has 2 aromatic carbocycles. The van der Waals surface area contributed by atoms with Gasteiger partial charge in [0.1, 0.15) is 0 Å². The second-order valence-corrected chi connectivity index (χ2v) is 7.81. The number of hydrogen-bond donors (Lipinski definition) is 0. The van der Waals surface area contributed by atoms with Crippen molar-refractivity contribution in [3.05, 3.63) is 77.9 Å². The summed E-state index contributed by atoms with van der Waals surface area (Å²) in [7, 11) is -3.69. The van der Waals surface area contributed by atoms with Crippen LogP contribution >= 0.6 is 0 Å². The van der Waals surface area contributed by atoms with E-state index in [-0.39, 0.29) is 10.9 Å². The zero-order chi connectivity index (χ0) is 17.3. The first-order valence-electron chi connectivity index (χ1n) is 7.80. The normalized spacial score (nSPS) is 17.7. The van der Waals surface area contributed by atoms with Crippen LogP contribution < -0.4 is 0 Å². The molecule has 0 amide bonds. The van der Waals surface area contributed by atoms with Crippen molar-refractivity contribution in [3.63, 3.8) is 0 Å². The number of hydrogen-bond acceptors (Lipinski definition) is 3. The van der Waals surface area contributed by atoms with Gasteiger partial charge in [-0.25, -0.2) is 0 Å². The molecule has 124 valence electrons. The van der Waals surface area contributed by atoms with Crippen molar-refractivity contribution in [2.24, 2.45) is 5.10 Å². The monoisotopic (exact) mass is 340 g/mol. The lowest BCUT2D eigenvalue weighted by Gasteiger charge is -2.20. The molecule has 0 aromatic heterocycles. The smallest absolute Gasteiger partial charge is 0.200 e. The third kappa shape index (κ3) is 2.99. The Balaban J connectivity index is 2.00. The summed E-state index contributed by atoms with van der Waals surface area (Å²) in [5.74, 6) is 0. The van der Waals surface area contributed by atoms with Crippen LogP contribution in [-0.4, -0.2) is 24.6 Å². The minimum Gasteiger partial charge on any atom is -0.200 e. The topological polar surface area (TPSA) is 49.7 Å². The van der Waals surface area contributed by atoms with E-state index in [2.05, 4.69) is 11.7 Å². The van der Waals surface area contributed by atoms with E-state index >= 15 is 0 Å². The molecular weight excluding hydrogens is 320 g/mol. The van der Waals surface area contributed by atoms with Crippen LogP contribution in [0.25, 0.3) is 0 Å². The number of rotatable bonds is 4. The predicted octanol–water partition coefficient (Wildman–Crippen LogP) is 3.66. The Hall–Kier alpha value is -2.40. The van der Waals surface area contributed by atoms with E-state index in [4.69, 9.17) is 0 Å². The van der Waals surface area contributed by atoms with Crippen LogP contribution in [0.2, 0.25) is 0 Å². The van der Waals surface area contributed by atoms with Crippen LogP contribution in [0.1, 0.15) is 23.1 Å². The summed E-state index contributed by atoms with van der Waals surface area (Å²) >= 11 is 0. The van der Waals surface area contributed by atoms with Crippen molar-refractivity contribution in [2.45, 2.75) is 31.2 Å². The van der Waals surface area contributed by atoms with Gasteiger partial charge in [-0.15, -0.1) is 6.58 Å². The lowest BCUT2D eigenvalue weighted by atomic mass is 10.0. The van der Waals surface area contributed by atoms with E-state index in [9.17, 15) is 8.42 Å². The first kappa shape index (κ1) is 16.5. The molecule has 2 aromatic rings. The van der Waals surface area contributed by atoms with E-state index in [0.29, 0.717) is 6.42 Å². The number of benzene rings is 2. The quantitative estimate of drug-likeness (QED) is 0.798. The molecule has 4 nitrogen and oxygen atoms in total. The van der Waals surface area contributed by atoms with Crippen molar-refractivity contribution in [1.82, 2.24) is 4.41 Å². The third-order valence-corrected chi connectivity index (χ3v) is 5.84. The fraction of sp³-hybridized carbons (Fsp3) is 0.211. The highest BCUT2D eigenvalue weighted by Crippen LogP contribution is 2.28. The van der Waals surface area contributed by atoms with Crippen LogP contribution in [0.15, 0.2) is 71.2 Å². The standard InChI is InChI=1S/C19H20N2O2S/c1-4-17-13-19(16-9-5-14(2)6-10-16)20-21(17)24(22,23)18-11-7-15(3)8-12-18/h4-12,17H,1,13H2,2-3H3/t17-/m0/s1. The zero-order valence-electron chi connectivity index (χ0n) is 13.8. The van der Waals surface area contributed by atoms with E-state index in [1.807, 2.05) is 38.1 Å². The SMILES string of the molecule is C=C[C@H]1CC(c2ccc(C)cc2)=NN1S(=O)(=O)c1ccc(C)cc1. The molecule has 5 heteroatoms. The van der Waals surface area contributed by atoms with Crippen molar-refractivity contribution < 1.29 is 8.42 Å². The summed E-state index contributed by atoms with van der Waals surface area (Å²) in [6.45, 7) is 7.71. The highest BCUT2D eigenvalue weighted by Gasteiger charge is 2.34. The summed E-state index contributed by atoms with van der Waals surface area (Å²) in [5.41, 5.74) is 3.87. The predicted molar refractivity (Wildman–Crippen MR) is 96.5 cm³/mol. The first-order chi connectivity index (χ1) is 11.4. The van der Waals surface area contributed by atoms with Gasteiger partial charge in [-0.05, 0) is 31.5 Å². The second kappa shape index (κ2) is 6.24. The van der Waals surface area contributed by atoms with Gasteiger partial charge in [0.05, 0.1) is 16.6 Å². The molecule has 1 aliphatic heterocycles. The molecule has 3 rings (SSSR count). The Morgan fingerprint density at radius 3 is 2.12 bits per heavy atom. The summed E-state index contributed by atoms with van der Waals surface area (Å²) in [6.07, 6.45) is 2.16. The Kier molecular flexibility index (Phi) is 4.28. The average molecular weight is 340 g/mol. The molecule has 0 spiro atoms. The van der Waals surface area contributed by atoms with Gasteiger partial charge in [0.2, 0.25) is 0 Å². The summed E-state index contributed by atoms with van der Waals surface area (Å²) < 4.78 is 27.0. The van der Waals surface area contributed by atoms with Crippen molar-refractivity contribution >= 4 is 15.7 Å². The lowest BCUT2D eigenvalue weighted by Crippen LogP contribution is -2.31. The molecule has 0 saturated carbocycles. The largest absolute Gasteiger partial charge is 0.279 e. The van der Waals surface area contributed by atoms with Crippen LogP contribution in [0.3, 0.4) is 0 Å². The van der Waals surface area contributed by atoms with Gasteiger partial charge in [-0.3, -0.25) is 0 Å². The third-order valence-electron chi connectivity index (χ3n) is 4.13. The molecule has 24 heavy (non-hydrogen) atoms. The van der Waals surface area contributed by atoms with Crippen LogP contribution in [0.4, 0.5) is 0 Å². The van der Waals surface area contributed by atoms with Crippen molar-refractivity contribution in [3.8, 4) is 0 Å². The van der Waals surface area contributed by atoms with Crippen LogP contribution in [0.5, 0.6) is 0 Å². The van der Waals surface area contributed by atoms with Gasteiger partial charge >= 0.3 is 0 Å². The first-order valence-corrected chi connectivity index (χ1v) is 9.24. The molecule has 1 aliphatic rings. The Bertz CT molecular complexity index is 882. The van der Waals surface area contributed by atoms with Gasteiger partial charge in [0.15, 0.2) is 0 Å². The number of aryl methyl sites for hydroxylation is 2. The van der Waals surface area contributed by atoms with Gasteiger partial charge in [0, 0.05) is 6.42 Å². The molecule has 1 atom stereocenters. The summed E-state index contributed by atoms with van der Waals surface area (Å²) in [6, 6.07) is 14.4. The Labute approximate surface area is 143 Å². The molecule has 0 aliphatic carbocycles. The van der Waals surface area contributed by atoms with Crippen LogP contribution in [-0.2, 0) is 10.0 Å². The Morgan fingerprint density at radius 2 is 1.58 bits per heavy atom. The minimum absolute atomic E-state index is 0.244. The van der Waals surface area contributed by atoms with E-state index in [0.717, 1.165) is 22.4 Å². The number of hydrazone groups is 1. The van der Waals surface area contributed by atoms with Crippen molar-refractivity contribution in [2.75, 3.05) is 0 Å². The molecule has 0 saturated heterocycles. The Morgan fingerprint density at radius 1 is 1.04 bits per heavy atom.